The highest BCUT2D eigenvalue weighted by Crippen LogP contribution is 2.47. The van der Waals surface area contributed by atoms with Gasteiger partial charge in [-0.15, -0.1) is 0 Å². The molecule has 35 heavy (non-hydrogen) atoms. The van der Waals surface area contributed by atoms with Crippen LogP contribution in [0.2, 0.25) is 5.02 Å². The van der Waals surface area contributed by atoms with Gasteiger partial charge in [0.25, 0.3) is 0 Å². The van der Waals surface area contributed by atoms with E-state index in [1.54, 1.807) is 56.3 Å². The van der Waals surface area contributed by atoms with E-state index in [0.29, 0.717) is 51.8 Å². The number of hydrogen-bond acceptors (Lipinski definition) is 7. The number of aromatic nitrogens is 1. The van der Waals surface area contributed by atoms with Gasteiger partial charge in [0.05, 0.1) is 7.11 Å². The summed E-state index contributed by atoms with van der Waals surface area (Å²) in [7, 11) is 1.27. The van der Waals surface area contributed by atoms with Crippen LogP contribution in [0, 0.1) is 12.3 Å². The van der Waals surface area contributed by atoms with Gasteiger partial charge < -0.3 is 19.3 Å². The molecule has 0 radical (unpaired) electrons. The number of benzene rings is 2. The minimum Gasteiger partial charge on any atom is -0.468 e. The summed E-state index contributed by atoms with van der Waals surface area (Å²) in [6.45, 7) is 3.41. The fourth-order valence-electron chi connectivity index (χ4n) is 3.67. The number of halogens is 1. The molecule has 1 unspecified atom stereocenters. The molecule has 1 aliphatic rings. The Labute approximate surface area is 206 Å². The number of rotatable bonds is 7. The Hall–Kier alpha value is -3.85. The number of carbonyl (C=O) groups excluding carboxylic acids is 3. The topological polar surface area (TPSA) is 120 Å². The molecule has 1 fully saturated rings. The van der Waals surface area contributed by atoms with Gasteiger partial charge in [0.1, 0.15) is 22.9 Å². The van der Waals surface area contributed by atoms with E-state index in [4.69, 9.17) is 25.6 Å². The largest absolute Gasteiger partial charge is 0.468 e. The molecule has 1 atom stereocenters. The molecule has 2 amide bonds. The molecular weight excluding hydrogens is 474 g/mol. The molecule has 1 saturated carbocycles. The molecule has 4 rings (SSSR count). The summed E-state index contributed by atoms with van der Waals surface area (Å²) in [5.74, 6) is -0.600. The zero-order valence-electron chi connectivity index (χ0n) is 19.4. The van der Waals surface area contributed by atoms with Crippen LogP contribution in [0.15, 0.2) is 53.1 Å². The molecule has 182 valence electrons. The van der Waals surface area contributed by atoms with E-state index in [1.165, 1.54) is 7.11 Å². The third-order valence-electron chi connectivity index (χ3n) is 5.88. The summed E-state index contributed by atoms with van der Waals surface area (Å²) >= 11 is 6.19. The smallest absolute Gasteiger partial charge is 0.412 e. The summed E-state index contributed by atoms with van der Waals surface area (Å²) in [6.07, 6.45) is -0.344. The number of amides is 2. The number of anilines is 2. The van der Waals surface area contributed by atoms with Gasteiger partial charge in [0.2, 0.25) is 5.91 Å². The van der Waals surface area contributed by atoms with Crippen LogP contribution in [0.5, 0.6) is 0 Å². The molecule has 0 spiro atoms. The van der Waals surface area contributed by atoms with Gasteiger partial charge >= 0.3 is 12.1 Å². The highest BCUT2D eigenvalue weighted by atomic mass is 35.5. The number of methoxy groups -OCH3 is 1. The highest BCUT2D eigenvalue weighted by Gasteiger charge is 2.57. The Balaban J connectivity index is 1.44. The van der Waals surface area contributed by atoms with E-state index in [9.17, 15) is 14.4 Å². The maximum Gasteiger partial charge on any atom is 0.412 e. The van der Waals surface area contributed by atoms with Crippen molar-refractivity contribution in [2.24, 2.45) is 5.41 Å². The summed E-state index contributed by atoms with van der Waals surface area (Å²) in [5.41, 5.74) is 1.53. The van der Waals surface area contributed by atoms with Crippen LogP contribution >= 0.6 is 11.6 Å². The molecule has 2 N–H and O–H groups in total. The molecular formula is C25H24ClN3O6. The van der Waals surface area contributed by atoms with Gasteiger partial charge in [0, 0.05) is 21.8 Å². The quantitative estimate of drug-likeness (QED) is 0.326. The molecule has 1 aromatic heterocycles. The predicted molar refractivity (Wildman–Crippen MR) is 129 cm³/mol. The Bertz CT molecular complexity index is 1270. The van der Waals surface area contributed by atoms with Gasteiger partial charge in [-0.1, -0.05) is 35.0 Å². The lowest BCUT2D eigenvalue weighted by Crippen LogP contribution is -2.32. The van der Waals surface area contributed by atoms with E-state index in [-0.39, 0.29) is 0 Å². The molecule has 9 nitrogen and oxygen atoms in total. The average Bonchev–Trinajstić information content (AvgIpc) is 3.59. The SMILES string of the molecule is COC(=O)C1(C(=O)Nc2ccc(-c3onc(C)c3NC(=O)OC(C)c3ccccc3Cl)cc2)CC1. The van der Waals surface area contributed by atoms with Gasteiger partial charge in [-0.3, -0.25) is 14.9 Å². The number of nitrogens with zero attached hydrogens (tertiary/aromatic N) is 1. The van der Waals surface area contributed by atoms with Crippen molar-refractivity contribution in [2.75, 3.05) is 17.7 Å². The van der Waals surface area contributed by atoms with E-state index >= 15 is 0 Å². The number of ether oxygens (including phenoxy) is 2. The first-order chi connectivity index (χ1) is 16.7. The Morgan fingerprint density at radius 3 is 2.40 bits per heavy atom. The monoisotopic (exact) mass is 497 g/mol. The van der Waals surface area contributed by atoms with Crippen molar-refractivity contribution >= 4 is 40.9 Å². The van der Waals surface area contributed by atoms with E-state index in [1.807, 2.05) is 6.07 Å². The standard InChI is InChI=1S/C25H24ClN3O6/c1-14-20(28-24(32)34-15(2)18-6-4-5-7-19(18)26)21(35-29-14)16-8-10-17(11-9-16)27-22(30)25(12-13-25)23(31)33-3/h4-11,15H,12-13H2,1-3H3,(H,27,30)(H,28,32). The van der Waals surface area contributed by atoms with Gasteiger partial charge in [0.15, 0.2) is 5.76 Å². The van der Waals surface area contributed by atoms with Crippen LogP contribution in [0.4, 0.5) is 16.2 Å². The number of nitrogens with one attached hydrogen (secondary N) is 2. The van der Waals surface area contributed by atoms with E-state index in [0.717, 1.165) is 0 Å². The summed E-state index contributed by atoms with van der Waals surface area (Å²) < 4.78 is 15.7. The second-order valence-electron chi connectivity index (χ2n) is 8.27. The minimum absolute atomic E-state index is 0.330. The van der Waals surface area contributed by atoms with Crippen molar-refractivity contribution in [1.29, 1.82) is 0 Å². The first-order valence-electron chi connectivity index (χ1n) is 10.9. The second-order valence-corrected chi connectivity index (χ2v) is 8.68. The summed E-state index contributed by atoms with van der Waals surface area (Å²) in [6, 6.07) is 13.9. The molecule has 1 heterocycles. The fraction of sp³-hybridized carbons (Fsp3) is 0.280. The molecule has 0 bridgehead atoms. The lowest BCUT2D eigenvalue weighted by molar-refractivity contribution is -0.150. The normalized spacial score (nSPS) is 14.5. The first-order valence-corrected chi connectivity index (χ1v) is 11.3. The zero-order valence-corrected chi connectivity index (χ0v) is 20.1. The van der Waals surface area contributed by atoms with Crippen LogP contribution in [-0.4, -0.2) is 30.2 Å². The van der Waals surface area contributed by atoms with Gasteiger partial charge in [-0.05, 0) is 57.0 Å². The van der Waals surface area contributed by atoms with Crippen LogP contribution < -0.4 is 10.6 Å². The summed E-state index contributed by atoms with van der Waals surface area (Å²) in [4.78, 5) is 37.0. The Morgan fingerprint density at radius 1 is 1.09 bits per heavy atom. The zero-order chi connectivity index (χ0) is 25.2. The molecule has 1 aliphatic carbocycles. The predicted octanol–water partition coefficient (Wildman–Crippen LogP) is 5.50. The van der Waals surface area contributed by atoms with Gasteiger partial charge in [-0.2, -0.15) is 0 Å². The molecule has 10 heteroatoms. The number of carbonyl (C=O) groups is 3. The minimum atomic E-state index is -1.10. The second kappa shape index (κ2) is 9.79. The van der Waals surface area contributed by atoms with Gasteiger partial charge in [-0.25, -0.2) is 4.79 Å². The highest BCUT2D eigenvalue weighted by molar-refractivity contribution is 6.31. The maximum atomic E-state index is 12.6. The number of aryl methyl sites for hydroxylation is 1. The van der Waals surface area contributed by atoms with Crippen molar-refractivity contribution in [3.05, 3.63) is 64.8 Å². The van der Waals surface area contributed by atoms with Crippen molar-refractivity contribution < 1.29 is 28.4 Å². The van der Waals surface area contributed by atoms with Crippen LogP contribution in [-0.2, 0) is 19.1 Å². The molecule has 0 saturated heterocycles. The molecule has 3 aromatic rings. The van der Waals surface area contributed by atoms with Crippen molar-refractivity contribution in [2.45, 2.75) is 32.8 Å². The van der Waals surface area contributed by atoms with Crippen molar-refractivity contribution in [1.82, 2.24) is 5.16 Å². The van der Waals surface area contributed by atoms with Crippen molar-refractivity contribution in [3.63, 3.8) is 0 Å². The average molecular weight is 498 g/mol. The number of esters is 1. The third-order valence-corrected chi connectivity index (χ3v) is 6.23. The van der Waals surface area contributed by atoms with Crippen LogP contribution in [0.25, 0.3) is 11.3 Å². The van der Waals surface area contributed by atoms with Crippen LogP contribution in [0.1, 0.15) is 37.1 Å². The van der Waals surface area contributed by atoms with E-state index in [2.05, 4.69) is 15.8 Å². The molecule has 2 aromatic carbocycles. The number of hydrogen-bond donors (Lipinski definition) is 2. The third kappa shape index (κ3) is 5.00. The van der Waals surface area contributed by atoms with Crippen LogP contribution in [0.3, 0.4) is 0 Å². The lowest BCUT2D eigenvalue weighted by Gasteiger charge is -2.15. The van der Waals surface area contributed by atoms with E-state index < -0.39 is 29.5 Å². The lowest BCUT2D eigenvalue weighted by atomic mass is 10.1. The summed E-state index contributed by atoms with van der Waals surface area (Å²) in [5, 5.41) is 9.89. The Kier molecular flexibility index (Phi) is 6.79. The first kappa shape index (κ1) is 24.3. The maximum absolute atomic E-state index is 12.6. The Morgan fingerprint density at radius 2 is 1.77 bits per heavy atom. The molecule has 0 aliphatic heterocycles. The fourth-order valence-corrected chi connectivity index (χ4v) is 3.96. The van der Waals surface area contributed by atoms with Crippen molar-refractivity contribution in [3.8, 4) is 11.3 Å².